The fourth-order valence-electron chi connectivity index (χ4n) is 1.34. The zero-order chi connectivity index (χ0) is 11.5. The topological polar surface area (TPSA) is 84.8 Å². The van der Waals surface area contributed by atoms with E-state index in [9.17, 15) is 10.1 Å². The third-order valence-corrected chi connectivity index (χ3v) is 2.05. The molecule has 0 aliphatic rings. The average molecular weight is 214 g/mol. The molecule has 0 spiro atoms. The Kier molecular flexibility index (Phi) is 2.36. The molecular weight excluding hydrogens is 208 g/mol. The van der Waals surface area contributed by atoms with Gasteiger partial charge in [-0.1, -0.05) is 0 Å². The molecule has 0 unspecified atom stereocenters. The van der Waals surface area contributed by atoms with Gasteiger partial charge in [0.2, 0.25) is 0 Å². The SMILES string of the molecule is N#Cc1ccc(-n2cccn2)c([N+](=O)[O-])c1. The Morgan fingerprint density at radius 3 is 2.88 bits per heavy atom. The minimum absolute atomic E-state index is 0.136. The molecule has 78 valence electrons. The van der Waals surface area contributed by atoms with E-state index in [1.807, 2.05) is 6.07 Å². The Hall–Kier alpha value is -2.68. The van der Waals surface area contributed by atoms with Crippen molar-refractivity contribution in [3.63, 3.8) is 0 Å². The number of nitrogens with zero attached hydrogens (tertiary/aromatic N) is 4. The molecule has 2 rings (SSSR count). The van der Waals surface area contributed by atoms with Gasteiger partial charge >= 0.3 is 0 Å². The van der Waals surface area contributed by atoms with Gasteiger partial charge in [0, 0.05) is 18.5 Å². The molecule has 0 saturated heterocycles. The van der Waals surface area contributed by atoms with Gasteiger partial charge in [0.1, 0.15) is 5.69 Å². The molecule has 0 N–H and O–H groups in total. The highest BCUT2D eigenvalue weighted by molar-refractivity contribution is 5.55. The number of nitro groups is 1. The zero-order valence-corrected chi connectivity index (χ0v) is 8.07. The van der Waals surface area contributed by atoms with Crippen molar-refractivity contribution in [2.75, 3.05) is 0 Å². The molecule has 0 aliphatic carbocycles. The van der Waals surface area contributed by atoms with Crippen molar-refractivity contribution in [2.24, 2.45) is 0 Å². The van der Waals surface area contributed by atoms with Crippen LogP contribution in [0.5, 0.6) is 0 Å². The molecule has 2 aromatic rings. The van der Waals surface area contributed by atoms with E-state index >= 15 is 0 Å². The van der Waals surface area contributed by atoms with Crippen LogP contribution in [0.3, 0.4) is 0 Å². The first-order chi connectivity index (χ1) is 7.72. The minimum Gasteiger partial charge on any atom is -0.258 e. The van der Waals surface area contributed by atoms with Crippen LogP contribution in [0.25, 0.3) is 5.69 Å². The molecular formula is C10H6N4O2. The Bertz CT molecular complexity index is 569. The van der Waals surface area contributed by atoms with Crippen LogP contribution in [0.4, 0.5) is 5.69 Å². The summed E-state index contributed by atoms with van der Waals surface area (Å²) in [6.07, 6.45) is 3.14. The van der Waals surface area contributed by atoms with E-state index in [2.05, 4.69) is 5.10 Å². The number of rotatable bonds is 2. The molecule has 0 amide bonds. The van der Waals surface area contributed by atoms with E-state index in [0.717, 1.165) is 0 Å². The van der Waals surface area contributed by atoms with E-state index in [4.69, 9.17) is 5.26 Å². The normalized spacial score (nSPS) is 9.69. The lowest BCUT2D eigenvalue weighted by Crippen LogP contribution is -2.00. The molecule has 1 aromatic carbocycles. The summed E-state index contributed by atoms with van der Waals surface area (Å²) in [5.74, 6) is 0. The number of hydrogen-bond donors (Lipinski definition) is 0. The zero-order valence-electron chi connectivity index (χ0n) is 8.07. The molecule has 1 heterocycles. The number of nitro benzene ring substituents is 1. The standard InChI is InChI=1S/C10H6N4O2/c11-7-8-2-3-9(10(6-8)14(15)16)13-5-1-4-12-13/h1-6H. The third-order valence-electron chi connectivity index (χ3n) is 2.05. The molecule has 0 radical (unpaired) electrons. The highest BCUT2D eigenvalue weighted by atomic mass is 16.6. The van der Waals surface area contributed by atoms with Crippen molar-refractivity contribution in [1.29, 1.82) is 5.26 Å². The molecule has 1 aromatic heterocycles. The Morgan fingerprint density at radius 1 is 1.50 bits per heavy atom. The lowest BCUT2D eigenvalue weighted by Gasteiger charge is -2.02. The first kappa shape index (κ1) is 9.86. The predicted octanol–water partition coefficient (Wildman–Crippen LogP) is 1.65. The summed E-state index contributed by atoms with van der Waals surface area (Å²) in [5.41, 5.74) is 0.458. The maximum atomic E-state index is 10.8. The number of nitriles is 1. The van der Waals surface area contributed by atoms with Crippen molar-refractivity contribution in [1.82, 2.24) is 9.78 Å². The fourth-order valence-corrected chi connectivity index (χ4v) is 1.34. The van der Waals surface area contributed by atoms with Crippen LogP contribution in [0, 0.1) is 21.4 Å². The van der Waals surface area contributed by atoms with Crippen molar-refractivity contribution < 1.29 is 4.92 Å². The van der Waals surface area contributed by atoms with Crippen molar-refractivity contribution >= 4 is 5.69 Å². The number of hydrogen-bond acceptors (Lipinski definition) is 4. The lowest BCUT2D eigenvalue weighted by atomic mass is 10.2. The van der Waals surface area contributed by atoms with Crippen molar-refractivity contribution in [3.05, 3.63) is 52.3 Å². The summed E-state index contributed by atoms with van der Waals surface area (Å²) in [6, 6.07) is 7.78. The third kappa shape index (κ3) is 1.62. The van der Waals surface area contributed by atoms with Crippen LogP contribution in [0.2, 0.25) is 0 Å². The maximum absolute atomic E-state index is 10.8. The second kappa shape index (κ2) is 3.82. The smallest absolute Gasteiger partial charge is 0.258 e. The molecule has 6 heteroatoms. The highest BCUT2D eigenvalue weighted by Gasteiger charge is 2.16. The van der Waals surface area contributed by atoms with E-state index < -0.39 is 4.92 Å². The van der Waals surface area contributed by atoms with Crippen LogP contribution >= 0.6 is 0 Å². The Balaban J connectivity index is 2.63. The van der Waals surface area contributed by atoms with E-state index in [-0.39, 0.29) is 11.3 Å². The number of benzene rings is 1. The largest absolute Gasteiger partial charge is 0.296 e. The first-order valence-corrected chi connectivity index (χ1v) is 4.41. The van der Waals surface area contributed by atoms with Gasteiger partial charge in [-0.2, -0.15) is 10.4 Å². The summed E-state index contributed by atoms with van der Waals surface area (Å²) in [4.78, 5) is 10.3. The summed E-state index contributed by atoms with van der Waals surface area (Å²) in [7, 11) is 0. The van der Waals surface area contributed by atoms with Crippen molar-refractivity contribution in [3.8, 4) is 11.8 Å². The predicted molar refractivity (Wildman–Crippen MR) is 54.9 cm³/mol. The van der Waals surface area contributed by atoms with Gasteiger partial charge in [-0.25, -0.2) is 4.68 Å². The first-order valence-electron chi connectivity index (χ1n) is 4.41. The summed E-state index contributed by atoms with van der Waals surface area (Å²) in [6.45, 7) is 0. The Labute approximate surface area is 90.5 Å². The van der Waals surface area contributed by atoms with Gasteiger partial charge in [0.15, 0.2) is 0 Å². The second-order valence-corrected chi connectivity index (χ2v) is 3.02. The summed E-state index contributed by atoms with van der Waals surface area (Å²) >= 11 is 0. The minimum atomic E-state index is -0.530. The van der Waals surface area contributed by atoms with Crippen LogP contribution in [0.15, 0.2) is 36.7 Å². The van der Waals surface area contributed by atoms with E-state index in [1.54, 1.807) is 12.3 Å². The lowest BCUT2D eigenvalue weighted by molar-refractivity contribution is -0.384. The highest BCUT2D eigenvalue weighted by Crippen LogP contribution is 2.23. The molecule has 0 bridgehead atoms. The Morgan fingerprint density at radius 2 is 2.31 bits per heavy atom. The van der Waals surface area contributed by atoms with Gasteiger partial charge < -0.3 is 0 Å². The van der Waals surface area contributed by atoms with Crippen molar-refractivity contribution in [2.45, 2.75) is 0 Å². The quantitative estimate of drug-likeness (QED) is 0.562. The van der Waals surface area contributed by atoms with Crippen LogP contribution < -0.4 is 0 Å². The summed E-state index contributed by atoms with van der Waals surface area (Å²) in [5, 5.41) is 23.4. The molecule has 16 heavy (non-hydrogen) atoms. The van der Waals surface area contributed by atoms with Gasteiger partial charge in [0.05, 0.1) is 16.6 Å². The second-order valence-electron chi connectivity index (χ2n) is 3.02. The molecule has 0 saturated carbocycles. The molecule has 0 atom stereocenters. The molecule has 0 fully saturated rings. The van der Waals surface area contributed by atoms with E-state index in [0.29, 0.717) is 5.69 Å². The van der Waals surface area contributed by atoms with Crippen LogP contribution in [-0.4, -0.2) is 14.7 Å². The average Bonchev–Trinajstić information content (AvgIpc) is 2.81. The van der Waals surface area contributed by atoms with Gasteiger partial charge in [-0.15, -0.1) is 0 Å². The van der Waals surface area contributed by atoms with Gasteiger partial charge in [-0.3, -0.25) is 10.1 Å². The number of aromatic nitrogens is 2. The van der Waals surface area contributed by atoms with Crippen LogP contribution in [0.1, 0.15) is 5.56 Å². The monoisotopic (exact) mass is 214 g/mol. The van der Waals surface area contributed by atoms with Gasteiger partial charge in [0.25, 0.3) is 5.69 Å². The van der Waals surface area contributed by atoms with Gasteiger partial charge in [-0.05, 0) is 18.2 Å². The summed E-state index contributed by atoms with van der Waals surface area (Å²) < 4.78 is 1.39. The van der Waals surface area contributed by atoms with E-state index in [1.165, 1.54) is 29.1 Å². The molecule has 6 nitrogen and oxygen atoms in total. The maximum Gasteiger partial charge on any atom is 0.296 e. The fraction of sp³-hybridized carbons (Fsp3) is 0. The van der Waals surface area contributed by atoms with Crippen LogP contribution in [-0.2, 0) is 0 Å². The molecule has 0 aliphatic heterocycles.